The molecular formula is C14H21N3S2. The maximum atomic E-state index is 5.89. The van der Waals surface area contributed by atoms with Gasteiger partial charge < -0.3 is 0 Å². The fourth-order valence-electron chi connectivity index (χ4n) is 3.19. The molecule has 3 nitrogen and oxygen atoms in total. The minimum Gasteiger partial charge on any atom is -0.271 e. The molecule has 1 aromatic heterocycles. The van der Waals surface area contributed by atoms with Crippen molar-refractivity contribution in [2.45, 2.75) is 36.5 Å². The Morgan fingerprint density at radius 3 is 3.16 bits per heavy atom. The van der Waals surface area contributed by atoms with Gasteiger partial charge in [0.2, 0.25) is 0 Å². The lowest BCUT2D eigenvalue weighted by Gasteiger charge is -2.37. The van der Waals surface area contributed by atoms with Gasteiger partial charge in [-0.3, -0.25) is 16.3 Å². The number of fused-ring (bicyclic) bond motifs is 1. The molecule has 5 heteroatoms. The van der Waals surface area contributed by atoms with E-state index in [-0.39, 0.29) is 0 Å². The number of pyridine rings is 1. The highest BCUT2D eigenvalue weighted by atomic mass is 32.2. The molecule has 3 atom stereocenters. The first-order valence-corrected chi connectivity index (χ1v) is 9.20. The standard InChI is InChI=1S/C14H21N3S2/c15-17-14(12-9-18-7-8-19-12)11-5-1-3-10-4-2-6-16-13(10)11/h2,4,6,11-12,14,17H,1,3,5,7-9,15H2. The lowest BCUT2D eigenvalue weighted by molar-refractivity contribution is 0.389. The average Bonchev–Trinajstić information content (AvgIpc) is 2.49. The number of nitrogens with one attached hydrogen (secondary N) is 1. The van der Waals surface area contributed by atoms with E-state index in [0.29, 0.717) is 17.2 Å². The van der Waals surface area contributed by atoms with E-state index in [1.54, 1.807) is 0 Å². The van der Waals surface area contributed by atoms with Crippen LogP contribution in [0.4, 0.5) is 0 Å². The molecule has 19 heavy (non-hydrogen) atoms. The molecule has 2 heterocycles. The van der Waals surface area contributed by atoms with Crippen LogP contribution in [0.15, 0.2) is 18.3 Å². The quantitative estimate of drug-likeness (QED) is 0.661. The fourth-order valence-corrected chi connectivity index (χ4v) is 6.11. The van der Waals surface area contributed by atoms with Crippen molar-refractivity contribution in [1.82, 2.24) is 10.4 Å². The lowest BCUT2D eigenvalue weighted by Crippen LogP contribution is -2.49. The number of thioether (sulfide) groups is 2. The summed E-state index contributed by atoms with van der Waals surface area (Å²) in [4.78, 5) is 4.65. The SMILES string of the molecule is NNC(C1CSCCS1)C1CCCc2cccnc21. The molecular weight excluding hydrogens is 274 g/mol. The summed E-state index contributed by atoms with van der Waals surface area (Å²) in [7, 11) is 0. The third kappa shape index (κ3) is 2.94. The molecule has 1 saturated heterocycles. The zero-order valence-electron chi connectivity index (χ0n) is 11.0. The fraction of sp³-hybridized carbons (Fsp3) is 0.643. The van der Waals surface area contributed by atoms with Crippen LogP contribution in [0.25, 0.3) is 0 Å². The van der Waals surface area contributed by atoms with E-state index >= 15 is 0 Å². The number of hydrogen-bond donors (Lipinski definition) is 2. The predicted molar refractivity (Wildman–Crippen MR) is 84.6 cm³/mol. The molecule has 2 aliphatic rings. The first-order chi connectivity index (χ1) is 9.40. The van der Waals surface area contributed by atoms with Crippen LogP contribution in [-0.2, 0) is 6.42 Å². The first kappa shape index (κ1) is 13.7. The Bertz CT molecular complexity index is 421. The zero-order valence-corrected chi connectivity index (χ0v) is 12.7. The number of rotatable bonds is 3. The molecule has 1 aliphatic heterocycles. The molecule has 0 spiro atoms. The van der Waals surface area contributed by atoms with E-state index in [1.807, 2.05) is 6.20 Å². The van der Waals surface area contributed by atoms with Crippen molar-refractivity contribution in [3.8, 4) is 0 Å². The highest BCUT2D eigenvalue weighted by Crippen LogP contribution is 2.38. The second-order valence-corrected chi connectivity index (χ2v) is 7.72. The molecule has 3 N–H and O–H groups in total. The molecule has 0 aromatic carbocycles. The van der Waals surface area contributed by atoms with Crippen LogP contribution in [-0.4, -0.2) is 33.5 Å². The number of hydrogen-bond acceptors (Lipinski definition) is 5. The van der Waals surface area contributed by atoms with Gasteiger partial charge in [0.15, 0.2) is 0 Å². The predicted octanol–water partition coefficient (Wildman–Crippen LogP) is 2.18. The second kappa shape index (κ2) is 6.48. The van der Waals surface area contributed by atoms with Crippen molar-refractivity contribution in [3.05, 3.63) is 29.6 Å². The normalized spacial score (nSPS) is 28.7. The van der Waals surface area contributed by atoms with Crippen LogP contribution < -0.4 is 11.3 Å². The number of aryl methyl sites for hydroxylation is 1. The molecule has 1 aromatic rings. The number of nitrogens with two attached hydrogens (primary N) is 1. The molecule has 0 saturated carbocycles. The van der Waals surface area contributed by atoms with Gasteiger partial charge in [0.25, 0.3) is 0 Å². The topological polar surface area (TPSA) is 50.9 Å². The minimum atomic E-state index is 0.353. The van der Waals surface area contributed by atoms with E-state index in [0.717, 1.165) is 0 Å². The van der Waals surface area contributed by atoms with Gasteiger partial charge in [-0.2, -0.15) is 23.5 Å². The van der Waals surface area contributed by atoms with Crippen molar-refractivity contribution in [2.75, 3.05) is 17.3 Å². The van der Waals surface area contributed by atoms with Crippen LogP contribution in [0.3, 0.4) is 0 Å². The summed E-state index contributed by atoms with van der Waals surface area (Å²) in [5, 5.41) is 0.613. The highest BCUT2D eigenvalue weighted by Gasteiger charge is 2.34. The Morgan fingerprint density at radius 2 is 2.37 bits per heavy atom. The van der Waals surface area contributed by atoms with Crippen molar-refractivity contribution < 1.29 is 0 Å². The van der Waals surface area contributed by atoms with Gasteiger partial charge in [-0.25, -0.2) is 0 Å². The monoisotopic (exact) mass is 295 g/mol. The Labute approximate surface area is 123 Å². The van der Waals surface area contributed by atoms with Crippen molar-refractivity contribution in [3.63, 3.8) is 0 Å². The van der Waals surface area contributed by atoms with Crippen molar-refractivity contribution in [2.24, 2.45) is 5.84 Å². The Morgan fingerprint density at radius 1 is 1.42 bits per heavy atom. The second-order valence-electron chi connectivity index (χ2n) is 5.22. The maximum absolute atomic E-state index is 5.89. The van der Waals surface area contributed by atoms with Gasteiger partial charge in [-0.05, 0) is 30.9 Å². The molecule has 104 valence electrons. The van der Waals surface area contributed by atoms with Crippen molar-refractivity contribution in [1.29, 1.82) is 0 Å². The van der Waals surface area contributed by atoms with Crippen LogP contribution in [0.2, 0.25) is 0 Å². The van der Waals surface area contributed by atoms with Gasteiger partial charge in [0.05, 0.1) is 0 Å². The summed E-state index contributed by atoms with van der Waals surface area (Å²) in [6.45, 7) is 0. The third-order valence-corrected chi connectivity index (χ3v) is 6.99. The summed E-state index contributed by atoms with van der Waals surface area (Å²) < 4.78 is 0. The number of aromatic nitrogens is 1. The van der Waals surface area contributed by atoms with E-state index < -0.39 is 0 Å². The summed E-state index contributed by atoms with van der Waals surface area (Å²) in [5.41, 5.74) is 5.82. The highest BCUT2D eigenvalue weighted by molar-refractivity contribution is 8.06. The summed E-state index contributed by atoms with van der Waals surface area (Å²) in [5.74, 6) is 10.1. The van der Waals surface area contributed by atoms with Crippen LogP contribution in [0.5, 0.6) is 0 Å². The first-order valence-electron chi connectivity index (χ1n) is 6.99. The smallest absolute Gasteiger partial charge is 0.0482 e. The van der Waals surface area contributed by atoms with Gasteiger partial charge in [-0.15, -0.1) is 0 Å². The van der Waals surface area contributed by atoms with Crippen LogP contribution >= 0.6 is 23.5 Å². The third-order valence-electron chi connectivity index (χ3n) is 4.11. The van der Waals surface area contributed by atoms with E-state index in [2.05, 4.69) is 46.1 Å². The van der Waals surface area contributed by atoms with Gasteiger partial charge >= 0.3 is 0 Å². The summed E-state index contributed by atoms with van der Waals surface area (Å²) >= 11 is 4.13. The van der Waals surface area contributed by atoms with E-state index in [1.165, 1.54) is 47.8 Å². The Balaban J connectivity index is 1.83. The molecule has 0 bridgehead atoms. The molecule has 1 fully saturated rings. The Hall–Kier alpha value is -0.230. The maximum Gasteiger partial charge on any atom is 0.0482 e. The number of nitrogens with zero attached hydrogens (tertiary/aromatic N) is 1. The van der Waals surface area contributed by atoms with Gasteiger partial charge in [0.1, 0.15) is 0 Å². The lowest BCUT2D eigenvalue weighted by atomic mass is 9.81. The zero-order chi connectivity index (χ0) is 13.1. The molecule has 3 unspecified atom stereocenters. The molecule has 0 radical (unpaired) electrons. The van der Waals surface area contributed by atoms with E-state index in [9.17, 15) is 0 Å². The Kier molecular flexibility index (Phi) is 4.69. The van der Waals surface area contributed by atoms with E-state index in [4.69, 9.17) is 5.84 Å². The number of hydrazine groups is 1. The molecule has 3 rings (SSSR count). The largest absolute Gasteiger partial charge is 0.271 e. The van der Waals surface area contributed by atoms with Crippen molar-refractivity contribution >= 4 is 23.5 Å². The average molecular weight is 295 g/mol. The molecule has 1 aliphatic carbocycles. The molecule has 0 amide bonds. The minimum absolute atomic E-state index is 0.353. The summed E-state index contributed by atoms with van der Waals surface area (Å²) in [6, 6.07) is 4.63. The van der Waals surface area contributed by atoms with Crippen LogP contribution in [0, 0.1) is 0 Å². The van der Waals surface area contributed by atoms with Gasteiger partial charge in [-0.1, -0.05) is 6.07 Å². The van der Waals surface area contributed by atoms with Gasteiger partial charge in [0, 0.05) is 46.4 Å². The van der Waals surface area contributed by atoms with Crippen LogP contribution in [0.1, 0.15) is 30.0 Å². The summed E-state index contributed by atoms with van der Waals surface area (Å²) in [6.07, 6.45) is 5.56.